The number of hydrogen-bond acceptors (Lipinski definition) is 7. The number of nitrogens with one attached hydrogen (secondary N) is 3. The third-order valence-corrected chi connectivity index (χ3v) is 5.73. The summed E-state index contributed by atoms with van der Waals surface area (Å²) in [5.74, 6) is -5.04. The van der Waals surface area contributed by atoms with Crippen molar-refractivity contribution in [2.45, 2.75) is 70.1 Å². The number of carboxylic acid groups (broad SMARTS) is 2. The van der Waals surface area contributed by atoms with Crippen LogP contribution in [0.4, 0.5) is 0 Å². The molecule has 1 aromatic rings. The molecule has 0 bridgehead atoms. The number of guanidine groups is 1. The summed E-state index contributed by atoms with van der Waals surface area (Å²) in [5, 5.41) is 26.0. The molecular formula is C25H39N7O7. The minimum atomic E-state index is -1.26. The van der Waals surface area contributed by atoms with Gasteiger partial charge in [0.05, 0.1) is 6.04 Å². The first-order chi connectivity index (χ1) is 18.3. The number of nitrogens with zero attached hydrogens (tertiary/aromatic N) is 1. The van der Waals surface area contributed by atoms with Crippen LogP contribution in [0.25, 0.3) is 0 Å². The highest BCUT2D eigenvalue weighted by Crippen LogP contribution is 2.09. The normalized spacial score (nSPS) is 13.8. The van der Waals surface area contributed by atoms with E-state index in [0.29, 0.717) is 5.56 Å². The summed E-state index contributed by atoms with van der Waals surface area (Å²) in [7, 11) is 0. The van der Waals surface area contributed by atoms with Crippen molar-refractivity contribution < 1.29 is 34.2 Å². The van der Waals surface area contributed by atoms with E-state index in [0.717, 1.165) is 0 Å². The van der Waals surface area contributed by atoms with Crippen LogP contribution in [-0.4, -0.2) is 76.5 Å². The van der Waals surface area contributed by atoms with E-state index in [4.69, 9.17) is 22.3 Å². The predicted molar refractivity (Wildman–Crippen MR) is 143 cm³/mol. The van der Waals surface area contributed by atoms with Gasteiger partial charge in [0.15, 0.2) is 5.96 Å². The first kappa shape index (κ1) is 32.8. The Balaban J connectivity index is 3.04. The van der Waals surface area contributed by atoms with Gasteiger partial charge in [-0.05, 0) is 30.7 Å². The molecule has 0 aliphatic heterocycles. The Kier molecular flexibility index (Phi) is 14.0. The third-order valence-electron chi connectivity index (χ3n) is 5.73. The van der Waals surface area contributed by atoms with Gasteiger partial charge >= 0.3 is 11.9 Å². The molecule has 0 fully saturated rings. The molecule has 0 heterocycles. The Morgan fingerprint density at radius 2 is 1.49 bits per heavy atom. The summed E-state index contributed by atoms with van der Waals surface area (Å²) < 4.78 is 0. The van der Waals surface area contributed by atoms with Gasteiger partial charge < -0.3 is 43.4 Å². The van der Waals surface area contributed by atoms with E-state index in [2.05, 4.69) is 20.9 Å². The molecule has 216 valence electrons. The number of benzene rings is 1. The fourth-order valence-corrected chi connectivity index (χ4v) is 3.56. The van der Waals surface area contributed by atoms with E-state index >= 15 is 0 Å². The third kappa shape index (κ3) is 12.7. The van der Waals surface area contributed by atoms with Crippen LogP contribution in [0.3, 0.4) is 0 Å². The van der Waals surface area contributed by atoms with Gasteiger partial charge in [-0.1, -0.05) is 44.2 Å². The number of rotatable bonds is 17. The molecule has 4 unspecified atom stereocenters. The molecule has 4 atom stereocenters. The molecule has 0 aromatic heterocycles. The average Bonchev–Trinajstić information content (AvgIpc) is 2.86. The van der Waals surface area contributed by atoms with Crippen molar-refractivity contribution in [3.8, 4) is 0 Å². The molecule has 14 nitrogen and oxygen atoms in total. The molecule has 1 rings (SSSR count). The second-order valence-corrected chi connectivity index (χ2v) is 9.37. The lowest BCUT2D eigenvalue weighted by atomic mass is 10.00. The number of nitrogens with two attached hydrogens (primary N) is 3. The molecule has 0 aliphatic carbocycles. The monoisotopic (exact) mass is 549 g/mol. The zero-order valence-electron chi connectivity index (χ0n) is 22.1. The minimum Gasteiger partial charge on any atom is -0.481 e. The van der Waals surface area contributed by atoms with Gasteiger partial charge in [0, 0.05) is 19.4 Å². The fraction of sp³-hybridized carbons (Fsp3) is 0.520. The molecule has 14 heteroatoms. The lowest BCUT2D eigenvalue weighted by Crippen LogP contribution is -2.58. The Morgan fingerprint density at radius 3 is 2.03 bits per heavy atom. The number of aliphatic carboxylic acids is 2. The van der Waals surface area contributed by atoms with Crippen LogP contribution in [0.5, 0.6) is 0 Å². The molecule has 0 saturated carbocycles. The van der Waals surface area contributed by atoms with E-state index < -0.39 is 59.7 Å². The van der Waals surface area contributed by atoms with Crippen molar-refractivity contribution in [1.82, 2.24) is 16.0 Å². The lowest BCUT2D eigenvalue weighted by molar-refractivity contribution is -0.142. The second kappa shape index (κ2) is 16.6. The van der Waals surface area contributed by atoms with Crippen molar-refractivity contribution in [3.63, 3.8) is 0 Å². The van der Waals surface area contributed by atoms with Gasteiger partial charge in [-0.25, -0.2) is 4.79 Å². The second-order valence-electron chi connectivity index (χ2n) is 9.37. The smallest absolute Gasteiger partial charge is 0.326 e. The van der Waals surface area contributed by atoms with Gasteiger partial charge in [0.1, 0.15) is 18.1 Å². The fourth-order valence-electron chi connectivity index (χ4n) is 3.56. The lowest BCUT2D eigenvalue weighted by Gasteiger charge is -2.27. The van der Waals surface area contributed by atoms with E-state index in [1.807, 2.05) is 0 Å². The van der Waals surface area contributed by atoms with E-state index in [1.165, 1.54) is 0 Å². The zero-order chi connectivity index (χ0) is 29.5. The molecule has 11 N–H and O–H groups in total. The number of carbonyl (C=O) groups excluding carboxylic acids is 3. The molecule has 1 aromatic carbocycles. The highest BCUT2D eigenvalue weighted by Gasteiger charge is 2.31. The van der Waals surface area contributed by atoms with Gasteiger partial charge in [-0.3, -0.25) is 24.2 Å². The van der Waals surface area contributed by atoms with Crippen LogP contribution in [0.2, 0.25) is 0 Å². The highest BCUT2D eigenvalue weighted by molar-refractivity contribution is 5.94. The predicted octanol–water partition coefficient (Wildman–Crippen LogP) is -1.33. The number of carboxylic acids is 2. The Bertz CT molecular complexity index is 1010. The summed E-state index contributed by atoms with van der Waals surface area (Å²) in [6.07, 6.45) is -0.0532. The van der Waals surface area contributed by atoms with Gasteiger partial charge in [0.25, 0.3) is 0 Å². The van der Waals surface area contributed by atoms with E-state index in [1.54, 1.807) is 44.2 Å². The SMILES string of the molecule is CC(C)C(NC(=O)C(N)CCC(=O)O)C(=O)NC(Cc1ccccc1)C(=O)NC(CCCN=C(N)N)C(=O)O. The Morgan fingerprint density at radius 1 is 0.872 bits per heavy atom. The molecule has 0 aliphatic rings. The zero-order valence-corrected chi connectivity index (χ0v) is 22.1. The highest BCUT2D eigenvalue weighted by atomic mass is 16.4. The molecule has 0 radical (unpaired) electrons. The molecule has 0 spiro atoms. The number of amides is 3. The van der Waals surface area contributed by atoms with Crippen molar-refractivity contribution >= 4 is 35.6 Å². The Hall–Kier alpha value is -4.20. The number of aliphatic imine (C=N–C) groups is 1. The maximum Gasteiger partial charge on any atom is 0.326 e. The molecule has 0 saturated heterocycles. The number of hydrogen-bond donors (Lipinski definition) is 8. The quantitative estimate of drug-likeness (QED) is 0.0645. The summed E-state index contributed by atoms with van der Waals surface area (Å²) >= 11 is 0. The largest absolute Gasteiger partial charge is 0.481 e. The van der Waals surface area contributed by atoms with Crippen LogP contribution in [0.15, 0.2) is 35.3 Å². The molecular weight excluding hydrogens is 510 g/mol. The van der Waals surface area contributed by atoms with Crippen molar-refractivity contribution in [1.29, 1.82) is 0 Å². The van der Waals surface area contributed by atoms with Crippen LogP contribution in [0, 0.1) is 5.92 Å². The summed E-state index contributed by atoms with van der Waals surface area (Å²) in [6.45, 7) is 3.53. The Labute approximate surface area is 226 Å². The summed E-state index contributed by atoms with van der Waals surface area (Å²) in [6, 6.07) is 4.14. The van der Waals surface area contributed by atoms with Gasteiger partial charge in [-0.2, -0.15) is 0 Å². The van der Waals surface area contributed by atoms with Crippen LogP contribution in [0.1, 0.15) is 45.1 Å². The van der Waals surface area contributed by atoms with Crippen molar-refractivity contribution in [2.75, 3.05) is 6.54 Å². The standard InChI is InChI=1S/C25H39N7O7/c1-14(2)20(32-21(35)16(26)10-11-19(33)34)23(37)31-18(13-15-7-4-3-5-8-15)22(36)30-17(24(38)39)9-6-12-29-25(27)28/h3-5,7-8,14,16-18,20H,6,9-13,26H2,1-2H3,(H,30,36)(H,31,37)(H,32,35)(H,33,34)(H,38,39)(H4,27,28,29). The van der Waals surface area contributed by atoms with Gasteiger partial charge in [0.2, 0.25) is 17.7 Å². The van der Waals surface area contributed by atoms with Crippen molar-refractivity contribution in [3.05, 3.63) is 35.9 Å². The molecule has 3 amide bonds. The minimum absolute atomic E-state index is 0.0444. The van der Waals surface area contributed by atoms with Gasteiger partial charge in [-0.15, -0.1) is 0 Å². The first-order valence-electron chi connectivity index (χ1n) is 12.5. The number of carbonyl (C=O) groups is 5. The van der Waals surface area contributed by atoms with Crippen LogP contribution >= 0.6 is 0 Å². The van der Waals surface area contributed by atoms with Crippen LogP contribution < -0.4 is 33.2 Å². The maximum absolute atomic E-state index is 13.2. The van der Waals surface area contributed by atoms with E-state index in [-0.39, 0.29) is 44.6 Å². The van der Waals surface area contributed by atoms with Crippen molar-refractivity contribution in [2.24, 2.45) is 28.1 Å². The maximum atomic E-state index is 13.2. The van der Waals surface area contributed by atoms with E-state index in [9.17, 15) is 29.1 Å². The topological polar surface area (TPSA) is 252 Å². The van der Waals surface area contributed by atoms with Crippen LogP contribution in [-0.2, 0) is 30.4 Å². The average molecular weight is 550 g/mol. The first-order valence-corrected chi connectivity index (χ1v) is 12.5. The summed E-state index contributed by atoms with van der Waals surface area (Å²) in [5.41, 5.74) is 17.0. The summed E-state index contributed by atoms with van der Waals surface area (Å²) in [4.78, 5) is 65.2. The molecule has 39 heavy (non-hydrogen) atoms.